The Hall–Kier alpha value is -2.77. The minimum absolute atomic E-state index is 0.172. The third-order valence-electron chi connectivity index (χ3n) is 2.96. The predicted molar refractivity (Wildman–Crippen MR) is 73.1 cm³/mol. The van der Waals surface area contributed by atoms with Crippen molar-refractivity contribution >= 4 is 16.9 Å². The van der Waals surface area contributed by atoms with Crippen LogP contribution in [0.2, 0.25) is 0 Å². The van der Waals surface area contributed by atoms with Gasteiger partial charge in [0.2, 0.25) is 0 Å². The minimum atomic E-state index is -0.206. The summed E-state index contributed by atoms with van der Waals surface area (Å²) in [6, 6.07) is 3.13. The lowest BCUT2D eigenvalue weighted by Crippen LogP contribution is -2.24. The molecule has 0 aliphatic rings. The quantitative estimate of drug-likeness (QED) is 0.695. The van der Waals surface area contributed by atoms with E-state index < -0.39 is 0 Å². The number of nitrogen functional groups attached to an aromatic ring is 1. The molecule has 3 aromatic heterocycles. The maximum absolute atomic E-state index is 11.7. The molecular formula is C12H13N7O. The first-order valence-corrected chi connectivity index (χ1v) is 6.03. The summed E-state index contributed by atoms with van der Waals surface area (Å²) in [5.74, 6) is 0.776. The fourth-order valence-electron chi connectivity index (χ4n) is 1.96. The number of hydrogen-bond donors (Lipinski definition) is 1. The molecule has 0 saturated carbocycles. The largest absolute Gasteiger partial charge is 0.383 e. The molecule has 0 spiro atoms. The lowest BCUT2D eigenvalue weighted by Gasteiger charge is -2.05. The van der Waals surface area contributed by atoms with E-state index in [-0.39, 0.29) is 12.1 Å². The number of aromatic nitrogens is 6. The molecule has 0 fully saturated rings. The fraction of sp³-hybridized carbons (Fsp3) is 0.250. The second-order valence-electron chi connectivity index (χ2n) is 4.50. The van der Waals surface area contributed by atoms with Gasteiger partial charge in [0.15, 0.2) is 11.5 Å². The number of hydrogen-bond acceptors (Lipinski definition) is 6. The summed E-state index contributed by atoms with van der Waals surface area (Å²) in [7, 11) is 1.77. The molecule has 0 aliphatic carbocycles. The molecule has 0 saturated heterocycles. The zero-order chi connectivity index (χ0) is 14.3. The van der Waals surface area contributed by atoms with Crippen molar-refractivity contribution in [3.63, 3.8) is 0 Å². The van der Waals surface area contributed by atoms with Gasteiger partial charge in [-0.05, 0) is 13.0 Å². The smallest absolute Gasteiger partial charge is 0.267 e. The summed E-state index contributed by atoms with van der Waals surface area (Å²) in [6.45, 7) is 1.99. The molecule has 8 nitrogen and oxygen atoms in total. The highest BCUT2D eigenvalue weighted by Crippen LogP contribution is 2.16. The summed E-state index contributed by atoms with van der Waals surface area (Å²) in [6.07, 6.45) is 1.62. The molecule has 8 heteroatoms. The van der Waals surface area contributed by atoms with Crippen LogP contribution in [0.1, 0.15) is 11.5 Å². The summed E-state index contributed by atoms with van der Waals surface area (Å²) >= 11 is 0. The van der Waals surface area contributed by atoms with Crippen LogP contribution in [0.5, 0.6) is 0 Å². The average Bonchev–Trinajstić information content (AvgIpc) is 2.77. The Morgan fingerprint density at radius 3 is 2.90 bits per heavy atom. The van der Waals surface area contributed by atoms with Gasteiger partial charge in [0.25, 0.3) is 5.56 Å². The first-order chi connectivity index (χ1) is 9.54. The van der Waals surface area contributed by atoms with E-state index in [4.69, 9.17) is 5.73 Å². The van der Waals surface area contributed by atoms with Crippen LogP contribution in [0.15, 0.2) is 23.1 Å². The molecule has 0 unspecified atom stereocenters. The summed E-state index contributed by atoms with van der Waals surface area (Å²) in [5.41, 5.74) is 7.06. The van der Waals surface area contributed by atoms with E-state index in [9.17, 15) is 4.79 Å². The van der Waals surface area contributed by atoms with Crippen LogP contribution in [0, 0.1) is 6.92 Å². The SMILES string of the molecule is Cc1ccc(=O)n(Cc2nc(N)c3cnn(C)c3n2)n1. The van der Waals surface area contributed by atoms with Crippen LogP contribution in [0.25, 0.3) is 11.0 Å². The van der Waals surface area contributed by atoms with Gasteiger partial charge in [-0.25, -0.2) is 14.6 Å². The maximum atomic E-state index is 11.7. The van der Waals surface area contributed by atoms with Crippen molar-refractivity contribution in [2.24, 2.45) is 7.05 Å². The van der Waals surface area contributed by atoms with Crippen LogP contribution >= 0.6 is 0 Å². The third-order valence-corrected chi connectivity index (χ3v) is 2.96. The molecular weight excluding hydrogens is 258 g/mol. The number of nitrogens with zero attached hydrogens (tertiary/aromatic N) is 6. The van der Waals surface area contributed by atoms with E-state index in [1.165, 1.54) is 10.7 Å². The monoisotopic (exact) mass is 271 g/mol. The van der Waals surface area contributed by atoms with Gasteiger partial charge < -0.3 is 5.73 Å². The molecule has 3 aromatic rings. The van der Waals surface area contributed by atoms with E-state index in [1.807, 2.05) is 6.92 Å². The van der Waals surface area contributed by atoms with Crippen molar-refractivity contribution in [3.05, 3.63) is 40.2 Å². The van der Waals surface area contributed by atoms with Crippen LogP contribution in [-0.2, 0) is 13.6 Å². The molecule has 3 heterocycles. The van der Waals surface area contributed by atoms with Gasteiger partial charge in [-0.15, -0.1) is 0 Å². The van der Waals surface area contributed by atoms with Crippen LogP contribution in [0.3, 0.4) is 0 Å². The van der Waals surface area contributed by atoms with E-state index in [0.29, 0.717) is 22.7 Å². The van der Waals surface area contributed by atoms with Gasteiger partial charge >= 0.3 is 0 Å². The molecule has 0 atom stereocenters. The summed E-state index contributed by atoms with van der Waals surface area (Å²) < 4.78 is 2.93. The Morgan fingerprint density at radius 1 is 1.30 bits per heavy atom. The van der Waals surface area contributed by atoms with Gasteiger partial charge in [-0.1, -0.05) is 0 Å². The zero-order valence-electron chi connectivity index (χ0n) is 11.1. The lowest BCUT2D eigenvalue weighted by molar-refractivity contribution is 0.606. The molecule has 0 aromatic carbocycles. The number of fused-ring (bicyclic) bond motifs is 1. The van der Waals surface area contributed by atoms with Crippen molar-refractivity contribution in [2.45, 2.75) is 13.5 Å². The molecule has 102 valence electrons. The van der Waals surface area contributed by atoms with Crippen molar-refractivity contribution < 1.29 is 0 Å². The van der Waals surface area contributed by atoms with Crippen molar-refractivity contribution in [1.82, 2.24) is 29.5 Å². The number of rotatable bonds is 2. The molecule has 0 amide bonds. The lowest BCUT2D eigenvalue weighted by atomic mass is 10.4. The Balaban J connectivity index is 2.08. The molecule has 2 N–H and O–H groups in total. The first kappa shape index (κ1) is 12.3. The fourth-order valence-corrected chi connectivity index (χ4v) is 1.96. The van der Waals surface area contributed by atoms with Gasteiger partial charge in [0.05, 0.1) is 17.3 Å². The highest BCUT2D eigenvalue weighted by Gasteiger charge is 2.10. The van der Waals surface area contributed by atoms with Crippen molar-refractivity contribution in [2.75, 3.05) is 5.73 Å². The Labute approximate surface area is 113 Å². The van der Waals surface area contributed by atoms with E-state index in [2.05, 4.69) is 20.2 Å². The van der Waals surface area contributed by atoms with Crippen LogP contribution in [0.4, 0.5) is 5.82 Å². The topological polar surface area (TPSA) is 105 Å². The van der Waals surface area contributed by atoms with E-state index in [0.717, 1.165) is 5.69 Å². The molecule has 20 heavy (non-hydrogen) atoms. The maximum Gasteiger partial charge on any atom is 0.267 e. The summed E-state index contributed by atoms with van der Waals surface area (Å²) in [5, 5.41) is 8.93. The zero-order valence-corrected chi connectivity index (χ0v) is 11.1. The number of nitrogens with two attached hydrogens (primary N) is 1. The molecule has 0 bridgehead atoms. The predicted octanol–water partition coefficient (Wildman–Crippen LogP) is -0.141. The summed E-state index contributed by atoms with van der Waals surface area (Å²) in [4.78, 5) is 20.3. The number of aryl methyl sites for hydroxylation is 2. The first-order valence-electron chi connectivity index (χ1n) is 6.03. The van der Waals surface area contributed by atoms with Gasteiger partial charge in [0.1, 0.15) is 12.4 Å². The third kappa shape index (κ3) is 2.00. The highest BCUT2D eigenvalue weighted by atomic mass is 16.1. The van der Waals surface area contributed by atoms with E-state index >= 15 is 0 Å². The van der Waals surface area contributed by atoms with Crippen molar-refractivity contribution in [3.8, 4) is 0 Å². The second kappa shape index (κ2) is 4.41. The molecule has 0 radical (unpaired) electrons. The van der Waals surface area contributed by atoms with Crippen LogP contribution < -0.4 is 11.3 Å². The molecule has 3 rings (SSSR count). The standard InChI is InChI=1S/C12H13N7O/c1-7-3-4-10(20)19(17-7)6-9-15-11(13)8-5-14-18(2)12(8)16-9/h3-5H,6H2,1-2H3,(H2,13,15,16). The van der Waals surface area contributed by atoms with Gasteiger partial charge in [0, 0.05) is 13.1 Å². The normalized spacial score (nSPS) is 11.1. The highest BCUT2D eigenvalue weighted by molar-refractivity contribution is 5.84. The van der Waals surface area contributed by atoms with Crippen molar-refractivity contribution in [1.29, 1.82) is 0 Å². The molecule has 0 aliphatic heterocycles. The average molecular weight is 271 g/mol. The minimum Gasteiger partial charge on any atom is -0.383 e. The van der Waals surface area contributed by atoms with Crippen LogP contribution in [-0.4, -0.2) is 29.5 Å². The number of anilines is 1. The second-order valence-corrected chi connectivity index (χ2v) is 4.50. The Bertz CT molecular complexity index is 849. The Morgan fingerprint density at radius 2 is 2.10 bits per heavy atom. The Kier molecular flexibility index (Phi) is 2.70. The van der Waals surface area contributed by atoms with E-state index in [1.54, 1.807) is 24.0 Å². The van der Waals surface area contributed by atoms with Gasteiger partial charge in [-0.3, -0.25) is 9.48 Å². The van der Waals surface area contributed by atoms with Gasteiger partial charge in [-0.2, -0.15) is 10.2 Å².